The van der Waals surface area contributed by atoms with Crippen LogP contribution in [0.5, 0.6) is 11.5 Å². The minimum absolute atomic E-state index is 0.0208. The third-order valence-corrected chi connectivity index (χ3v) is 5.30. The Morgan fingerprint density at radius 2 is 1.97 bits per heavy atom. The normalized spacial score (nSPS) is 11.5. The Hall–Kier alpha value is -2.97. The quantitative estimate of drug-likeness (QED) is 0.418. The molecule has 2 aromatic carbocycles. The summed E-state index contributed by atoms with van der Waals surface area (Å²) < 4.78 is 6.91. The highest BCUT2D eigenvalue weighted by molar-refractivity contribution is 8.04. The van der Waals surface area contributed by atoms with Crippen molar-refractivity contribution in [3.8, 4) is 22.9 Å². The van der Waals surface area contributed by atoms with Gasteiger partial charge in [0.15, 0.2) is 22.5 Å². The first-order chi connectivity index (χ1) is 13.9. The number of methoxy groups -OCH3 is 1. The molecule has 1 heterocycles. The highest BCUT2D eigenvalue weighted by Gasteiger charge is 2.18. The Bertz CT molecular complexity index is 1060. The number of aromatic hydroxyl groups is 1. The monoisotopic (exact) mass is 431 g/mol. The molecule has 0 spiro atoms. The topological polar surface area (TPSA) is 97.5 Å². The van der Waals surface area contributed by atoms with Crippen molar-refractivity contribution in [1.82, 2.24) is 14.8 Å². The lowest BCUT2D eigenvalue weighted by Gasteiger charge is -2.08. The zero-order chi connectivity index (χ0) is 21.0. The number of carboxylic acids is 1. The van der Waals surface area contributed by atoms with Crippen molar-refractivity contribution in [3.05, 3.63) is 58.0 Å². The third-order valence-electron chi connectivity index (χ3n) is 4.05. The molecule has 0 radical (unpaired) electrons. The summed E-state index contributed by atoms with van der Waals surface area (Å²) in [5.41, 5.74) is 1.41. The smallest absolute Gasteiger partial charge is 0.342 e. The van der Waals surface area contributed by atoms with E-state index in [-0.39, 0.29) is 16.4 Å². The molecule has 0 aliphatic rings. The third kappa shape index (κ3) is 4.72. The van der Waals surface area contributed by atoms with Gasteiger partial charge in [0.1, 0.15) is 4.91 Å². The van der Waals surface area contributed by atoms with Gasteiger partial charge in [0.25, 0.3) is 0 Å². The standard InChI is InChI=1S/C20H18ClN3O4S/c1-3-24-18(13-5-7-14(21)8-6-13)22-23-20(24)29-17(19(26)27)11-12-4-9-15(25)16(10-12)28-2/h4-11,25H,3H2,1-2H3,(H,26,27)/b17-11-. The van der Waals surface area contributed by atoms with Gasteiger partial charge < -0.3 is 19.5 Å². The number of thioether (sulfide) groups is 1. The number of ether oxygens (including phenoxy) is 1. The Labute approximate surface area is 176 Å². The second kappa shape index (κ2) is 9.02. The van der Waals surface area contributed by atoms with E-state index in [1.54, 1.807) is 24.3 Å². The molecule has 3 rings (SSSR count). The number of carboxylic acid groups (broad SMARTS) is 1. The number of phenolic OH excluding ortho intramolecular Hbond substituents is 1. The molecule has 2 N–H and O–H groups in total. The number of benzene rings is 2. The predicted molar refractivity (Wildman–Crippen MR) is 112 cm³/mol. The van der Waals surface area contributed by atoms with E-state index in [1.165, 1.54) is 19.3 Å². The van der Waals surface area contributed by atoms with E-state index in [0.717, 1.165) is 17.3 Å². The summed E-state index contributed by atoms with van der Waals surface area (Å²) in [7, 11) is 1.43. The van der Waals surface area contributed by atoms with E-state index in [1.807, 2.05) is 23.6 Å². The number of phenols is 1. The van der Waals surface area contributed by atoms with E-state index in [2.05, 4.69) is 10.2 Å². The molecule has 0 amide bonds. The van der Waals surface area contributed by atoms with Crippen LogP contribution in [0.15, 0.2) is 52.5 Å². The van der Waals surface area contributed by atoms with Crippen LogP contribution in [-0.2, 0) is 11.3 Å². The highest BCUT2D eigenvalue weighted by Crippen LogP contribution is 2.32. The molecule has 7 nitrogen and oxygen atoms in total. The van der Waals surface area contributed by atoms with Crippen LogP contribution in [0.2, 0.25) is 5.02 Å². The summed E-state index contributed by atoms with van der Waals surface area (Å²) in [6.07, 6.45) is 1.49. The first-order valence-electron chi connectivity index (χ1n) is 8.62. The van der Waals surface area contributed by atoms with Crippen molar-refractivity contribution >= 4 is 35.4 Å². The van der Waals surface area contributed by atoms with Crippen molar-refractivity contribution in [3.63, 3.8) is 0 Å². The molecule has 0 fully saturated rings. The lowest BCUT2D eigenvalue weighted by atomic mass is 10.2. The summed E-state index contributed by atoms with van der Waals surface area (Å²) >= 11 is 6.95. The molecule has 0 saturated carbocycles. The largest absolute Gasteiger partial charge is 0.504 e. The van der Waals surface area contributed by atoms with Crippen LogP contribution >= 0.6 is 23.4 Å². The number of carbonyl (C=O) groups is 1. The van der Waals surface area contributed by atoms with Crippen LogP contribution in [0.3, 0.4) is 0 Å². The van der Waals surface area contributed by atoms with Crippen molar-refractivity contribution in [2.45, 2.75) is 18.6 Å². The Morgan fingerprint density at radius 1 is 1.24 bits per heavy atom. The number of hydrogen-bond donors (Lipinski definition) is 2. The van der Waals surface area contributed by atoms with Gasteiger partial charge in [-0.1, -0.05) is 17.7 Å². The van der Waals surface area contributed by atoms with Crippen LogP contribution in [-0.4, -0.2) is 38.1 Å². The van der Waals surface area contributed by atoms with Crippen LogP contribution in [0.25, 0.3) is 17.5 Å². The summed E-state index contributed by atoms with van der Waals surface area (Å²) in [6.45, 7) is 2.50. The van der Waals surface area contributed by atoms with Crippen LogP contribution in [0.1, 0.15) is 12.5 Å². The van der Waals surface area contributed by atoms with Crippen LogP contribution in [0, 0.1) is 0 Å². The minimum atomic E-state index is -1.10. The fraction of sp³-hybridized carbons (Fsp3) is 0.150. The van der Waals surface area contributed by atoms with Crippen LogP contribution < -0.4 is 4.74 Å². The molecule has 9 heteroatoms. The van der Waals surface area contributed by atoms with Crippen molar-refractivity contribution < 1.29 is 19.7 Å². The van der Waals surface area contributed by atoms with Crippen LogP contribution in [0.4, 0.5) is 0 Å². The van der Waals surface area contributed by atoms with Gasteiger partial charge in [-0.2, -0.15) is 0 Å². The molecule has 150 valence electrons. The molecule has 0 unspecified atom stereocenters. The number of nitrogens with zero attached hydrogens (tertiary/aromatic N) is 3. The van der Waals surface area contributed by atoms with Crippen molar-refractivity contribution in [2.24, 2.45) is 0 Å². The fourth-order valence-electron chi connectivity index (χ4n) is 2.63. The van der Waals surface area contributed by atoms with Gasteiger partial charge in [0.05, 0.1) is 7.11 Å². The molecular weight excluding hydrogens is 414 g/mol. The molecule has 0 saturated heterocycles. The van der Waals surface area contributed by atoms with Crippen molar-refractivity contribution in [1.29, 1.82) is 0 Å². The zero-order valence-electron chi connectivity index (χ0n) is 15.7. The summed E-state index contributed by atoms with van der Waals surface area (Å²) in [5.74, 6) is -0.230. The van der Waals surface area contributed by atoms with Gasteiger partial charge >= 0.3 is 5.97 Å². The van der Waals surface area contributed by atoms with E-state index in [9.17, 15) is 15.0 Å². The molecule has 3 aromatic rings. The van der Waals surface area contributed by atoms with Gasteiger partial charge in [0.2, 0.25) is 0 Å². The number of aliphatic carboxylic acids is 1. The summed E-state index contributed by atoms with van der Waals surface area (Å²) in [4.78, 5) is 11.9. The number of rotatable bonds is 7. The van der Waals surface area contributed by atoms with E-state index < -0.39 is 5.97 Å². The molecule has 1 aromatic heterocycles. The molecule has 29 heavy (non-hydrogen) atoms. The van der Waals surface area contributed by atoms with E-state index in [4.69, 9.17) is 16.3 Å². The average molecular weight is 432 g/mol. The molecule has 0 bridgehead atoms. The van der Waals surface area contributed by atoms with Crippen molar-refractivity contribution in [2.75, 3.05) is 7.11 Å². The minimum Gasteiger partial charge on any atom is -0.504 e. The first kappa shape index (κ1) is 20.8. The summed E-state index contributed by atoms with van der Waals surface area (Å²) in [5, 5.41) is 28.8. The molecule has 0 aliphatic carbocycles. The molecular formula is C20H18ClN3O4S. The maximum absolute atomic E-state index is 11.8. The highest BCUT2D eigenvalue weighted by atomic mass is 35.5. The van der Waals surface area contributed by atoms with Gasteiger partial charge in [0, 0.05) is 17.1 Å². The Kier molecular flexibility index (Phi) is 6.46. The van der Waals surface area contributed by atoms with Gasteiger partial charge in [-0.3, -0.25) is 0 Å². The first-order valence-corrected chi connectivity index (χ1v) is 9.81. The Balaban J connectivity index is 1.95. The lowest BCUT2D eigenvalue weighted by Crippen LogP contribution is -2.02. The van der Waals surface area contributed by atoms with Gasteiger partial charge in [-0.05, 0) is 66.7 Å². The predicted octanol–water partition coefficient (Wildman–Crippen LogP) is 4.55. The number of halogens is 1. The second-order valence-corrected chi connectivity index (χ2v) is 7.35. The molecule has 0 aliphatic heterocycles. The second-order valence-electron chi connectivity index (χ2n) is 5.90. The van der Waals surface area contributed by atoms with E-state index >= 15 is 0 Å². The summed E-state index contributed by atoms with van der Waals surface area (Å²) in [6, 6.07) is 11.8. The number of aromatic nitrogens is 3. The average Bonchev–Trinajstić information content (AvgIpc) is 3.11. The Morgan fingerprint density at radius 3 is 2.59 bits per heavy atom. The molecule has 0 atom stereocenters. The maximum Gasteiger partial charge on any atom is 0.342 e. The number of hydrogen-bond acceptors (Lipinski definition) is 6. The fourth-order valence-corrected chi connectivity index (χ4v) is 3.64. The van der Waals surface area contributed by atoms with Gasteiger partial charge in [-0.25, -0.2) is 4.79 Å². The maximum atomic E-state index is 11.8. The van der Waals surface area contributed by atoms with E-state index in [0.29, 0.717) is 28.1 Å². The lowest BCUT2D eigenvalue weighted by molar-refractivity contribution is -0.131. The zero-order valence-corrected chi connectivity index (χ0v) is 17.2. The SMILES string of the molecule is CCn1c(S/C(=C\c2ccc(O)c(OC)c2)C(=O)O)nnc1-c1ccc(Cl)cc1. The van der Waals surface area contributed by atoms with Gasteiger partial charge in [-0.15, -0.1) is 10.2 Å².